The molecule has 10 nitrogen and oxygen atoms in total. The highest BCUT2D eigenvalue weighted by molar-refractivity contribution is 5.97. The Morgan fingerprint density at radius 1 is 0.949 bits per heavy atom. The van der Waals surface area contributed by atoms with E-state index in [0.29, 0.717) is 28.4 Å². The van der Waals surface area contributed by atoms with Gasteiger partial charge in [0.2, 0.25) is 5.91 Å². The number of anilines is 1. The summed E-state index contributed by atoms with van der Waals surface area (Å²) in [7, 11) is 5.35. The third-order valence-corrected chi connectivity index (χ3v) is 6.30. The zero-order chi connectivity index (χ0) is 26.9. The Hall–Kier alpha value is -5.09. The number of benzene rings is 2. The molecule has 1 amide bonds. The van der Waals surface area contributed by atoms with Gasteiger partial charge in [-0.05, 0) is 56.1 Å². The van der Waals surface area contributed by atoms with Gasteiger partial charge in [0.25, 0.3) is 0 Å². The lowest BCUT2D eigenvalue weighted by Gasteiger charge is -2.10. The van der Waals surface area contributed by atoms with E-state index in [-0.39, 0.29) is 12.5 Å². The second-order valence-electron chi connectivity index (χ2n) is 9.43. The number of hydrogen-bond acceptors (Lipinski definition) is 7. The van der Waals surface area contributed by atoms with Crippen LogP contribution in [0.1, 0.15) is 0 Å². The number of ether oxygens (including phenoxy) is 1. The Bertz CT molecular complexity index is 1820. The van der Waals surface area contributed by atoms with Crippen molar-refractivity contribution in [2.75, 3.05) is 33.1 Å². The molecule has 0 aliphatic carbocycles. The van der Waals surface area contributed by atoms with Crippen molar-refractivity contribution < 1.29 is 9.53 Å². The van der Waals surface area contributed by atoms with E-state index in [9.17, 15) is 4.79 Å². The first kappa shape index (κ1) is 24.3. The first-order chi connectivity index (χ1) is 19.0. The number of aromatic amines is 2. The minimum Gasteiger partial charge on any atom is -0.497 e. The van der Waals surface area contributed by atoms with Gasteiger partial charge in [-0.25, -0.2) is 9.97 Å². The predicted molar refractivity (Wildman–Crippen MR) is 151 cm³/mol. The van der Waals surface area contributed by atoms with Crippen LogP contribution in [0.5, 0.6) is 5.75 Å². The maximum Gasteiger partial charge on any atom is 0.238 e. The average molecular weight is 519 g/mol. The number of imidazole rings is 1. The third-order valence-electron chi connectivity index (χ3n) is 6.30. The number of pyridine rings is 2. The van der Waals surface area contributed by atoms with Crippen molar-refractivity contribution >= 4 is 33.7 Å². The molecule has 6 aromatic rings. The van der Waals surface area contributed by atoms with Gasteiger partial charge in [-0.2, -0.15) is 5.10 Å². The number of rotatable bonds is 7. The highest BCUT2D eigenvalue weighted by Gasteiger charge is 2.17. The molecule has 0 saturated carbocycles. The first-order valence-corrected chi connectivity index (χ1v) is 12.4. The summed E-state index contributed by atoms with van der Waals surface area (Å²) < 4.78 is 5.41. The molecule has 0 saturated heterocycles. The summed E-state index contributed by atoms with van der Waals surface area (Å²) >= 11 is 0. The fourth-order valence-corrected chi connectivity index (χ4v) is 4.53. The van der Waals surface area contributed by atoms with Crippen LogP contribution in [0.3, 0.4) is 0 Å². The number of aromatic nitrogens is 6. The zero-order valence-electron chi connectivity index (χ0n) is 21.7. The number of nitrogens with one attached hydrogen (secondary N) is 3. The SMILES string of the molecule is COc1cccc(-c2cccc3[nH]c(-c4n[nH]c5ccc(-c6cncc(NC(=O)CN(C)C)c6)nc45)nc23)c1. The molecule has 10 heteroatoms. The van der Waals surface area contributed by atoms with Crippen LogP contribution in [0.2, 0.25) is 0 Å². The normalized spacial score (nSPS) is 11.4. The van der Waals surface area contributed by atoms with E-state index in [4.69, 9.17) is 14.7 Å². The lowest BCUT2D eigenvalue weighted by Crippen LogP contribution is -2.27. The van der Waals surface area contributed by atoms with Gasteiger partial charge in [-0.1, -0.05) is 24.3 Å². The number of amides is 1. The molecule has 0 spiro atoms. The van der Waals surface area contributed by atoms with Gasteiger partial charge in [0, 0.05) is 17.3 Å². The van der Waals surface area contributed by atoms with Crippen LogP contribution in [0.25, 0.3) is 56.0 Å². The summed E-state index contributed by atoms with van der Waals surface area (Å²) in [6.45, 7) is 0.282. The Kier molecular flexibility index (Phi) is 6.22. The van der Waals surface area contributed by atoms with E-state index in [1.165, 1.54) is 0 Å². The van der Waals surface area contributed by atoms with Crippen molar-refractivity contribution in [3.63, 3.8) is 0 Å². The van der Waals surface area contributed by atoms with Gasteiger partial charge in [0.15, 0.2) is 11.5 Å². The van der Waals surface area contributed by atoms with Crippen LogP contribution in [0.4, 0.5) is 5.69 Å². The van der Waals surface area contributed by atoms with Gasteiger partial charge in [-0.15, -0.1) is 0 Å². The number of fused-ring (bicyclic) bond motifs is 2. The molecule has 0 aliphatic heterocycles. The highest BCUT2D eigenvalue weighted by atomic mass is 16.5. The summed E-state index contributed by atoms with van der Waals surface area (Å²) in [4.78, 5) is 31.5. The Morgan fingerprint density at radius 3 is 2.67 bits per heavy atom. The molecule has 0 atom stereocenters. The number of carbonyl (C=O) groups excluding carboxylic acids is 1. The predicted octanol–water partition coefficient (Wildman–Crippen LogP) is 4.74. The molecule has 3 N–H and O–H groups in total. The van der Waals surface area contributed by atoms with Crippen LogP contribution in [-0.2, 0) is 4.79 Å². The quantitative estimate of drug-likeness (QED) is 0.279. The summed E-state index contributed by atoms with van der Waals surface area (Å²) in [5.41, 5.74) is 7.88. The van der Waals surface area contributed by atoms with Crippen molar-refractivity contribution in [3.05, 3.63) is 73.1 Å². The Labute approximate surface area is 224 Å². The average Bonchev–Trinajstić information content (AvgIpc) is 3.56. The maximum atomic E-state index is 12.2. The van der Waals surface area contributed by atoms with Crippen molar-refractivity contribution in [2.45, 2.75) is 0 Å². The Balaban J connectivity index is 1.38. The maximum absolute atomic E-state index is 12.2. The molecule has 4 heterocycles. The van der Waals surface area contributed by atoms with Crippen molar-refractivity contribution in [2.24, 2.45) is 0 Å². The third kappa shape index (κ3) is 4.80. The molecule has 4 aromatic heterocycles. The van der Waals surface area contributed by atoms with Gasteiger partial charge in [0.1, 0.15) is 11.3 Å². The molecule has 194 valence electrons. The van der Waals surface area contributed by atoms with Crippen LogP contribution >= 0.6 is 0 Å². The minimum atomic E-state index is -0.113. The fraction of sp³-hybridized carbons (Fsp3) is 0.138. The van der Waals surface area contributed by atoms with E-state index in [2.05, 4.69) is 25.5 Å². The van der Waals surface area contributed by atoms with E-state index in [0.717, 1.165) is 39.0 Å². The molecule has 0 fully saturated rings. The standard InChI is InChI=1S/C29H26N8O2/c1-37(2)16-25(38)31-19-12-18(14-30-15-19)22-10-11-24-27(32-22)28(36-35-24)29-33-23-9-5-8-21(26(23)34-29)17-6-4-7-20(13-17)39-3/h4-15H,16H2,1-3H3,(H,31,38)(H,33,34)(H,35,36). The molecule has 2 aromatic carbocycles. The molecule has 0 aliphatic rings. The number of carbonyl (C=O) groups is 1. The molecule has 0 radical (unpaired) electrons. The topological polar surface area (TPSA) is 125 Å². The summed E-state index contributed by atoms with van der Waals surface area (Å²) in [6.07, 6.45) is 3.34. The Morgan fingerprint density at radius 2 is 1.82 bits per heavy atom. The van der Waals surface area contributed by atoms with Crippen molar-refractivity contribution in [1.82, 2.24) is 35.0 Å². The largest absolute Gasteiger partial charge is 0.497 e. The van der Waals surface area contributed by atoms with E-state index >= 15 is 0 Å². The number of para-hydroxylation sites is 1. The van der Waals surface area contributed by atoms with Gasteiger partial charge in [0.05, 0.1) is 47.8 Å². The molecule has 0 unspecified atom stereocenters. The second-order valence-corrected chi connectivity index (χ2v) is 9.43. The van der Waals surface area contributed by atoms with Gasteiger partial charge < -0.3 is 19.9 Å². The summed E-state index contributed by atoms with van der Waals surface area (Å²) in [5, 5.41) is 10.5. The van der Waals surface area contributed by atoms with E-state index in [1.807, 2.05) is 74.8 Å². The summed E-state index contributed by atoms with van der Waals surface area (Å²) in [6, 6.07) is 19.6. The number of hydrogen-bond donors (Lipinski definition) is 3. The molecule has 6 rings (SSSR count). The smallest absolute Gasteiger partial charge is 0.238 e. The van der Waals surface area contributed by atoms with Crippen molar-refractivity contribution in [1.29, 1.82) is 0 Å². The van der Waals surface area contributed by atoms with Gasteiger partial charge in [-0.3, -0.25) is 14.9 Å². The number of likely N-dealkylation sites (N-methyl/N-ethyl adjacent to an activating group) is 1. The molecular weight excluding hydrogens is 492 g/mol. The van der Waals surface area contributed by atoms with Gasteiger partial charge >= 0.3 is 0 Å². The van der Waals surface area contributed by atoms with Crippen LogP contribution in [0, 0.1) is 0 Å². The number of nitrogens with zero attached hydrogens (tertiary/aromatic N) is 5. The minimum absolute atomic E-state index is 0.113. The monoisotopic (exact) mass is 518 g/mol. The number of methoxy groups -OCH3 is 1. The molecular formula is C29H26N8O2. The lowest BCUT2D eigenvalue weighted by molar-refractivity contribution is -0.116. The fourth-order valence-electron chi connectivity index (χ4n) is 4.53. The van der Waals surface area contributed by atoms with Crippen molar-refractivity contribution in [3.8, 4) is 39.7 Å². The molecule has 0 bridgehead atoms. The second kappa shape index (κ2) is 9.99. The van der Waals surface area contributed by atoms with Crippen LogP contribution in [-0.4, -0.2) is 68.7 Å². The van der Waals surface area contributed by atoms with Crippen LogP contribution < -0.4 is 10.1 Å². The number of H-pyrrole nitrogens is 2. The van der Waals surface area contributed by atoms with E-state index < -0.39 is 0 Å². The lowest BCUT2D eigenvalue weighted by atomic mass is 10.0. The highest BCUT2D eigenvalue weighted by Crippen LogP contribution is 2.33. The first-order valence-electron chi connectivity index (χ1n) is 12.4. The van der Waals surface area contributed by atoms with Crippen LogP contribution in [0.15, 0.2) is 73.1 Å². The zero-order valence-corrected chi connectivity index (χ0v) is 21.7. The molecule has 39 heavy (non-hydrogen) atoms. The van der Waals surface area contributed by atoms with E-state index in [1.54, 1.807) is 24.4 Å². The summed E-state index contributed by atoms with van der Waals surface area (Å²) in [5.74, 6) is 1.28.